The maximum Gasteiger partial charge on any atom is 0.225 e. The van der Waals surface area contributed by atoms with Gasteiger partial charge < -0.3 is 10.6 Å². The Labute approximate surface area is 120 Å². The summed E-state index contributed by atoms with van der Waals surface area (Å²) < 4.78 is 0. The van der Waals surface area contributed by atoms with Crippen LogP contribution in [0.5, 0.6) is 0 Å². The quantitative estimate of drug-likeness (QED) is 0.832. The van der Waals surface area contributed by atoms with Gasteiger partial charge in [0.2, 0.25) is 11.2 Å². The summed E-state index contributed by atoms with van der Waals surface area (Å²) in [5.41, 5.74) is 0. The molecule has 2 aromatic heterocycles. The van der Waals surface area contributed by atoms with Gasteiger partial charge in [-0.25, -0.2) is 9.97 Å². The molecular weight excluding hydrogens is 284 g/mol. The van der Waals surface area contributed by atoms with E-state index in [4.69, 9.17) is 11.6 Å². The minimum atomic E-state index is -0.0107. The van der Waals surface area contributed by atoms with Crippen LogP contribution in [0.25, 0.3) is 10.2 Å². The number of halogens is 1. The van der Waals surface area contributed by atoms with Crippen molar-refractivity contribution in [1.82, 2.24) is 15.3 Å². The van der Waals surface area contributed by atoms with E-state index in [2.05, 4.69) is 33.6 Å². The first-order valence-electron chi connectivity index (χ1n) is 6.04. The van der Waals surface area contributed by atoms with Crippen LogP contribution in [0.3, 0.4) is 0 Å². The minimum Gasteiger partial charge on any atom is -0.369 e. The Hall–Kier alpha value is -1.40. The zero-order chi connectivity index (χ0) is 13.8. The molecule has 0 spiro atoms. The van der Waals surface area contributed by atoms with Crippen molar-refractivity contribution in [1.29, 1.82) is 0 Å². The molecular formula is C12H15ClN4OS. The van der Waals surface area contributed by atoms with Gasteiger partial charge in [0.15, 0.2) is 0 Å². The van der Waals surface area contributed by atoms with Crippen molar-refractivity contribution in [3.05, 3.63) is 16.2 Å². The van der Waals surface area contributed by atoms with Gasteiger partial charge in [0, 0.05) is 24.9 Å². The number of nitrogens with one attached hydrogen (secondary N) is 2. The van der Waals surface area contributed by atoms with Crippen molar-refractivity contribution in [3.8, 4) is 0 Å². The number of carbonyl (C=O) groups is 1. The zero-order valence-corrected chi connectivity index (χ0v) is 12.4. The van der Waals surface area contributed by atoms with Crippen LogP contribution in [0.1, 0.15) is 18.2 Å². The number of hydrogen-bond donors (Lipinski definition) is 2. The average Bonchev–Trinajstić information content (AvgIpc) is 2.81. The lowest BCUT2D eigenvalue weighted by Crippen LogP contribution is -2.21. The standard InChI is InChI=1S/C12H15ClN4OS/c1-3-7-6-8-10(15-5-4-9(18)14-2)16-12(13)17-11(8)19-7/h6H,3-5H2,1-2H3,(H,14,18)(H,15,16,17). The van der Waals surface area contributed by atoms with Crippen LogP contribution >= 0.6 is 22.9 Å². The van der Waals surface area contributed by atoms with Gasteiger partial charge >= 0.3 is 0 Å². The SMILES string of the molecule is CCc1cc2c(NCCC(=O)NC)nc(Cl)nc2s1. The van der Waals surface area contributed by atoms with Crippen molar-refractivity contribution in [2.75, 3.05) is 18.9 Å². The number of fused-ring (bicyclic) bond motifs is 1. The maximum atomic E-state index is 11.2. The summed E-state index contributed by atoms with van der Waals surface area (Å²) in [5, 5.41) is 6.90. The van der Waals surface area contributed by atoms with E-state index in [0.717, 1.165) is 16.6 Å². The molecule has 1 amide bonds. The molecule has 2 aromatic rings. The van der Waals surface area contributed by atoms with Crippen molar-refractivity contribution < 1.29 is 4.79 Å². The summed E-state index contributed by atoms with van der Waals surface area (Å²) in [6, 6.07) is 2.07. The third kappa shape index (κ3) is 3.33. The van der Waals surface area contributed by atoms with E-state index in [1.165, 1.54) is 4.88 Å². The maximum absolute atomic E-state index is 11.2. The number of carbonyl (C=O) groups excluding carboxylic acids is 1. The second-order valence-corrected chi connectivity index (χ2v) is 5.43. The third-order valence-electron chi connectivity index (χ3n) is 2.69. The lowest BCUT2D eigenvalue weighted by molar-refractivity contribution is -0.120. The van der Waals surface area contributed by atoms with E-state index in [9.17, 15) is 4.79 Å². The Balaban J connectivity index is 2.21. The molecule has 0 atom stereocenters. The Morgan fingerprint density at radius 3 is 2.95 bits per heavy atom. The van der Waals surface area contributed by atoms with Crippen molar-refractivity contribution in [2.24, 2.45) is 0 Å². The summed E-state index contributed by atoms with van der Waals surface area (Å²) in [6.07, 6.45) is 1.35. The molecule has 0 aliphatic carbocycles. The lowest BCUT2D eigenvalue weighted by Gasteiger charge is -2.06. The largest absolute Gasteiger partial charge is 0.369 e. The Morgan fingerprint density at radius 2 is 2.26 bits per heavy atom. The highest BCUT2D eigenvalue weighted by Gasteiger charge is 2.10. The first kappa shape index (κ1) is 14.0. The van der Waals surface area contributed by atoms with Gasteiger partial charge in [0.05, 0.1) is 5.39 Å². The van der Waals surface area contributed by atoms with E-state index < -0.39 is 0 Å². The molecule has 7 heteroatoms. The molecule has 2 N–H and O–H groups in total. The number of amides is 1. The van der Waals surface area contributed by atoms with Crippen LogP contribution in [-0.4, -0.2) is 29.5 Å². The molecule has 19 heavy (non-hydrogen) atoms. The summed E-state index contributed by atoms with van der Waals surface area (Å²) in [7, 11) is 1.62. The number of hydrogen-bond acceptors (Lipinski definition) is 5. The number of aromatic nitrogens is 2. The lowest BCUT2D eigenvalue weighted by atomic mass is 10.3. The fourth-order valence-electron chi connectivity index (χ4n) is 1.67. The molecule has 0 bridgehead atoms. The summed E-state index contributed by atoms with van der Waals surface area (Å²) in [6.45, 7) is 2.61. The monoisotopic (exact) mass is 298 g/mol. The molecule has 0 saturated carbocycles. The van der Waals surface area contributed by atoms with Gasteiger partial charge in [-0.2, -0.15) is 0 Å². The molecule has 0 fully saturated rings. The molecule has 0 unspecified atom stereocenters. The fraction of sp³-hybridized carbons (Fsp3) is 0.417. The summed E-state index contributed by atoms with van der Waals surface area (Å²) in [4.78, 5) is 21.7. The molecule has 0 radical (unpaired) electrons. The van der Waals surface area contributed by atoms with E-state index in [0.29, 0.717) is 18.8 Å². The third-order valence-corrected chi connectivity index (χ3v) is 4.03. The van der Waals surface area contributed by atoms with Crippen LogP contribution in [0.15, 0.2) is 6.07 Å². The summed E-state index contributed by atoms with van der Waals surface area (Å²) in [5.74, 6) is 0.679. The van der Waals surface area contributed by atoms with E-state index >= 15 is 0 Å². The normalized spacial score (nSPS) is 10.7. The minimum absolute atomic E-state index is 0.0107. The Morgan fingerprint density at radius 1 is 1.47 bits per heavy atom. The topological polar surface area (TPSA) is 66.9 Å². The van der Waals surface area contributed by atoms with Gasteiger partial charge in [-0.15, -0.1) is 11.3 Å². The molecule has 2 rings (SSSR count). The molecule has 0 aliphatic heterocycles. The Bertz CT molecular complexity index is 599. The molecule has 0 aliphatic rings. The van der Waals surface area contributed by atoms with Crippen LogP contribution in [0.2, 0.25) is 5.28 Å². The number of thiophene rings is 1. The van der Waals surface area contributed by atoms with Gasteiger partial charge in [0.1, 0.15) is 10.6 Å². The molecule has 0 aromatic carbocycles. The predicted molar refractivity (Wildman–Crippen MR) is 79.0 cm³/mol. The van der Waals surface area contributed by atoms with E-state index in [1.807, 2.05) is 0 Å². The highest BCUT2D eigenvalue weighted by Crippen LogP contribution is 2.30. The van der Waals surface area contributed by atoms with E-state index in [1.54, 1.807) is 18.4 Å². The van der Waals surface area contributed by atoms with Crippen molar-refractivity contribution >= 4 is 44.9 Å². The van der Waals surface area contributed by atoms with Gasteiger partial charge in [-0.3, -0.25) is 4.79 Å². The highest BCUT2D eigenvalue weighted by molar-refractivity contribution is 7.18. The van der Waals surface area contributed by atoms with Crippen LogP contribution in [0.4, 0.5) is 5.82 Å². The predicted octanol–water partition coefficient (Wildman–Crippen LogP) is 2.46. The molecule has 102 valence electrons. The number of anilines is 1. The van der Waals surface area contributed by atoms with Crippen molar-refractivity contribution in [2.45, 2.75) is 19.8 Å². The smallest absolute Gasteiger partial charge is 0.225 e. The first-order chi connectivity index (χ1) is 9.13. The summed E-state index contributed by atoms with van der Waals surface area (Å²) >= 11 is 7.53. The van der Waals surface area contributed by atoms with E-state index in [-0.39, 0.29) is 11.2 Å². The average molecular weight is 299 g/mol. The number of nitrogens with zero attached hydrogens (tertiary/aromatic N) is 2. The van der Waals surface area contributed by atoms with Crippen LogP contribution in [0, 0.1) is 0 Å². The van der Waals surface area contributed by atoms with Crippen molar-refractivity contribution in [3.63, 3.8) is 0 Å². The second-order valence-electron chi connectivity index (χ2n) is 3.98. The van der Waals surface area contributed by atoms with Crippen LogP contribution < -0.4 is 10.6 Å². The van der Waals surface area contributed by atoms with Gasteiger partial charge in [0.25, 0.3) is 0 Å². The highest BCUT2D eigenvalue weighted by atomic mass is 35.5. The van der Waals surface area contributed by atoms with Gasteiger partial charge in [-0.1, -0.05) is 6.92 Å². The Kier molecular flexibility index (Phi) is 4.55. The van der Waals surface area contributed by atoms with Crippen LogP contribution in [-0.2, 0) is 11.2 Å². The fourth-order valence-corrected chi connectivity index (χ4v) is 2.86. The molecule has 5 nitrogen and oxygen atoms in total. The molecule has 2 heterocycles. The molecule has 0 saturated heterocycles. The number of rotatable bonds is 5. The second kappa shape index (κ2) is 6.16. The number of aryl methyl sites for hydroxylation is 1. The first-order valence-corrected chi connectivity index (χ1v) is 7.24. The van der Waals surface area contributed by atoms with Gasteiger partial charge in [-0.05, 0) is 24.1 Å². The zero-order valence-electron chi connectivity index (χ0n) is 10.8.